The Hall–Kier alpha value is -6.65. The van der Waals surface area contributed by atoms with Gasteiger partial charge in [0.2, 0.25) is 45.2 Å². The van der Waals surface area contributed by atoms with E-state index in [0.29, 0.717) is 107 Å². The van der Waals surface area contributed by atoms with Crippen LogP contribution in [0.15, 0.2) is 84.4 Å². The van der Waals surface area contributed by atoms with E-state index in [2.05, 4.69) is 29.1 Å². The van der Waals surface area contributed by atoms with Gasteiger partial charge in [-0.3, -0.25) is 4.90 Å². The third-order valence-corrected chi connectivity index (χ3v) is 23.5. The van der Waals surface area contributed by atoms with Crippen molar-refractivity contribution in [1.82, 2.24) is 43.6 Å². The summed E-state index contributed by atoms with van der Waals surface area (Å²) in [5, 5.41) is 18.8. The summed E-state index contributed by atoms with van der Waals surface area (Å²) in [4.78, 5) is 21.3. The topological polar surface area (TPSA) is 286 Å². The minimum atomic E-state index is -4.12. The molecule has 0 saturated carbocycles. The second kappa shape index (κ2) is 28.1. The number of sulfonamides is 4. The minimum Gasteiger partial charge on any atom is -0.338 e. The van der Waals surface area contributed by atoms with Crippen LogP contribution in [0.25, 0.3) is 30.4 Å². The number of azo groups is 1. The molecule has 8 rings (SSSR count). The number of fused-ring (bicyclic) bond motifs is 2. The normalized spacial score (nSPS) is 12.7. The molecule has 5 N–H and O–H groups in total. The van der Waals surface area contributed by atoms with Gasteiger partial charge in [-0.25, -0.2) is 72.4 Å². The molecular weight excluding hydrogens is 1260 g/mol. The Labute approximate surface area is 537 Å². The molecule has 0 aliphatic rings. The summed E-state index contributed by atoms with van der Waals surface area (Å²) < 4.78 is 125. The van der Waals surface area contributed by atoms with E-state index in [0.717, 1.165) is 37.0 Å². The Bertz CT molecular complexity index is 4580. The van der Waals surface area contributed by atoms with Gasteiger partial charge < -0.3 is 5.32 Å². The van der Waals surface area contributed by atoms with Crippen molar-refractivity contribution in [2.45, 2.75) is 173 Å². The number of unbranched alkanes of at least 4 members (excludes halogenated alkanes) is 4. The maximum atomic E-state index is 14.5. The van der Waals surface area contributed by atoms with E-state index in [9.17, 15) is 33.7 Å². The number of aromatic nitrogens is 5. The molecule has 0 unspecified atom stereocenters. The van der Waals surface area contributed by atoms with Gasteiger partial charge >= 0.3 is 0 Å². The number of aryl methyl sites for hydroxylation is 5. The number of hydrogen-bond acceptors (Lipinski definition) is 18. The van der Waals surface area contributed by atoms with Crippen LogP contribution in [0.1, 0.15) is 144 Å². The van der Waals surface area contributed by atoms with Crippen LogP contribution in [0, 0.1) is 55.0 Å². The average molecular weight is 1340 g/mol. The molecule has 90 heavy (non-hydrogen) atoms. The van der Waals surface area contributed by atoms with E-state index in [1.165, 1.54) is 28.2 Å². The van der Waals surface area contributed by atoms with E-state index < -0.39 is 45.5 Å². The molecule has 22 nitrogen and oxygen atoms in total. The zero-order valence-corrected chi connectivity index (χ0v) is 58.3. The molecular formula is C62H80N14O8S6. The standard InChI is InChI=1S/C62H80N14O8S6/c1-16-20-28-64-87(77,78)44-24-26-46-48(35-44)85-60(68-46)75(54-39(7)33-41(9)56(43(54)11)90(83,84)67-31-23-19-4)50-34-38(6)52(58(70-50)71-51-37(5)32-40(8)55(42(51)10)89(81,82)66-30-22-18-3)72-73-59-53(63-15)57(62(12,13)14)74-76(59)61-69-47-27-25-45(36-49(47)86-61)88(79,80)65-29-21-17-2/h24-27,32-36,64-67H,16-23,28-31H2,1-14H3,(H,70,71)/b73-72+. The molecule has 0 radical (unpaired) electrons. The highest BCUT2D eigenvalue weighted by molar-refractivity contribution is 7.90. The maximum absolute atomic E-state index is 14.5. The van der Waals surface area contributed by atoms with Crippen LogP contribution in [0.5, 0.6) is 0 Å². The summed E-state index contributed by atoms with van der Waals surface area (Å²) >= 11 is 2.33. The zero-order valence-electron chi connectivity index (χ0n) is 53.4. The van der Waals surface area contributed by atoms with Gasteiger partial charge in [-0.2, -0.15) is 9.78 Å². The van der Waals surface area contributed by atoms with Crippen molar-refractivity contribution in [1.29, 1.82) is 0 Å². The van der Waals surface area contributed by atoms with Gasteiger partial charge in [0, 0.05) is 31.9 Å². The van der Waals surface area contributed by atoms with Crippen molar-refractivity contribution < 1.29 is 33.7 Å². The smallest absolute Gasteiger partial charge is 0.255 e. The number of thiazole rings is 2. The van der Waals surface area contributed by atoms with Gasteiger partial charge in [0.25, 0.3) is 5.69 Å². The van der Waals surface area contributed by atoms with Gasteiger partial charge in [0.1, 0.15) is 11.5 Å². The predicted octanol–water partition coefficient (Wildman–Crippen LogP) is 14.4. The van der Waals surface area contributed by atoms with E-state index in [1.807, 2.05) is 62.3 Å². The lowest BCUT2D eigenvalue weighted by atomic mass is 9.91. The average Bonchev–Trinajstić information content (AvgIpc) is 1.23. The predicted molar refractivity (Wildman–Crippen MR) is 361 cm³/mol. The van der Waals surface area contributed by atoms with Crippen molar-refractivity contribution in [2.75, 3.05) is 36.4 Å². The summed E-state index contributed by atoms with van der Waals surface area (Å²) in [6.07, 6.45) is 5.68. The van der Waals surface area contributed by atoms with Crippen molar-refractivity contribution in [3.63, 3.8) is 0 Å². The first-order valence-corrected chi connectivity index (χ1v) is 37.5. The first-order chi connectivity index (χ1) is 42.4. The van der Waals surface area contributed by atoms with Gasteiger partial charge in [0.15, 0.2) is 16.8 Å². The summed E-state index contributed by atoms with van der Waals surface area (Å²) in [6, 6.07) is 14.6. The molecule has 0 bridgehead atoms. The Morgan fingerprint density at radius 3 is 1.58 bits per heavy atom. The molecule has 482 valence electrons. The maximum Gasteiger partial charge on any atom is 0.255 e. The number of nitrogens with one attached hydrogen (secondary N) is 5. The quantitative estimate of drug-likeness (QED) is 0.0173. The first kappa shape index (κ1) is 69.2. The first-order valence-electron chi connectivity index (χ1n) is 30.0. The largest absolute Gasteiger partial charge is 0.338 e. The number of rotatable bonds is 28. The Morgan fingerprint density at radius 1 is 0.578 bits per heavy atom. The van der Waals surface area contributed by atoms with E-state index in [4.69, 9.17) is 36.9 Å². The monoisotopic (exact) mass is 1340 g/mol. The van der Waals surface area contributed by atoms with Gasteiger partial charge in [0.05, 0.1) is 58.0 Å². The third-order valence-electron chi connectivity index (χ3n) is 15.0. The Kier molecular flexibility index (Phi) is 21.6. The molecule has 0 spiro atoms. The van der Waals surface area contributed by atoms with E-state index in [1.54, 1.807) is 82.0 Å². The van der Waals surface area contributed by atoms with Gasteiger partial charge in [-0.1, -0.05) is 109 Å². The molecule has 0 saturated heterocycles. The lowest BCUT2D eigenvalue weighted by molar-refractivity contribution is 0.562. The summed E-state index contributed by atoms with van der Waals surface area (Å²) in [5.41, 5.74) is 5.18. The van der Waals surface area contributed by atoms with Crippen molar-refractivity contribution in [3.8, 4) is 5.13 Å². The second-order valence-corrected chi connectivity index (χ2v) is 32.3. The van der Waals surface area contributed by atoms with Crippen LogP contribution in [-0.4, -0.2) is 84.6 Å². The van der Waals surface area contributed by atoms with E-state index in [-0.39, 0.29) is 79.7 Å². The Balaban J connectivity index is 1.41. The molecule has 0 aliphatic heterocycles. The van der Waals surface area contributed by atoms with Crippen molar-refractivity contribution >= 4 is 129 Å². The summed E-state index contributed by atoms with van der Waals surface area (Å²) in [7, 11) is -16.0. The van der Waals surface area contributed by atoms with Crippen molar-refractivity contribution in [2.24, 2.45) is 10.2 Å². The molecule has 0 fully saturated rings. The number of benzene rings is 4. The van der Waals surface area contributed by atoms with E-state index >= 15 is 0 Å². The lowest BCUT2D eigenvalue weighted by Gasteiger charge is -2.28. The van der Waals surface area contributed by atoms with Crippen LogP contribution in [-0.2, 0) is 45.5 Å². The molecule has 4 aromatic heterocycles. The molecule has 8 aromatic rings. The molecule has 0 amide bonds. The SMILES string of the molecule is [C-]#[N+]c1c(C(C)(C)C)nn(-c2nc3ccc(S(=O)(=O)NCCCC)cc3s2)c1/N=N/c1c(C)cc(N(c2nc3ccc(S(=O)(=O)NCCCC)cc3s2)c2c(C)cc(C)c(S(=O)(=O)NCCCC)c2C)nc1Nc1c(C)cc(C)c(S(=O)(=O)NCCCC)c1C. The van der Waals surface area contributed by atoms with Crippen LogP contribution in [0.3, 0.4) is 0 Å². The molecule has 4 heterocycles. The fraction of sp³-hybridized carbons (Fsp3) is 0.435. The molecule has 0 aliphatic carbocycles. The summed E-state index contributed by atoms with van der Waals surface area (Å²) in [6.45, 7) is 35.6. The van der Waals surface area contributed by atoms with Crippen molar-refractivity contribution in [3.05, 3.63) is 111 Å². The number of anilines is 5. The van der Waals surface area contributed by atoms with Gasteiger partial charge in [-0.05, 0) is 161 Å². The highest BCUT2D eigenvalue weighted by atomic mass is 32.2. The summed E-state index contributed by atoms with van der Waals surface area (Å²) in [5.74, 6) is 0.277. The lowest BCUT2D eigenvalue weighted by Crippen LogP contribution is -2.27. The minimum absolute atomic E-state index is 0.0111. The molecule has 0 atom stereocenters. The molecule has 28 heteroatoms. The van der Waals surface area contributed by atoms with Crippen LogP contribution in [0.4, 0.5) is 45.3 Å². The number of hydrogen-bond donors (Lipinski definition) is 5. The van der Waals surface area contributed by atoms with Crippen LogP contribution in [0.2, 0.25) is 0 Å². The highest BCUT2D eigenvalue weighted by Gasteiger charge is 2.33. The zero-order chi connectivity index (χ0) is 65.8. The number of pyridine rings is 1. The highest BCUT2D eigenvalue weighted by Crippen LogP contribution is 2.48. The fourth-order valence-electron chi connectivity index (χ4n) is 10.6. The number of nitrogens with zero attached hydrogens (tertiary/aromatic N) is 9. The van der Waals surface area contributed by atoms with Gasteiger partial charge in [-0.15, -0.1) is 10.2 Å². The third kappa shape index (κ3) is 14.8. The fourth-order valence-corrected chi connectivity index (χ4v) is 18.0. The Morgan fingerprint density at radius 2 is 1.07 bits per heavy atom. The van der Waals surface area contributed by atoms with Crippen LogP contribution >= 0.6 is 22.7 Å². The second-order valence-electron chi connectivity index (χ2n) is 23.4. The van der Waals surface area contributed by atoms with Crippen LogP contribution < -0.4 is 29.1 Å². The molecule has 4 aromatic carbocycles.